The fourth-order valence-electron chi connectivity index (χ4n) is 2.94. The number of fused-ring (bicyclic) bond motifs is 1. The third kappa shape index (κ3) is 4.30. The van der Waals surface area contributed by atoms with Crippen molar-refractivity contribution in [3.05, 3.63) is 34.6 Å². The number of hydrogen-bond acceptors (Lipinski definition) is 5. The fourth-order valence-corrected chi connectivity index (χ4v) is 2.94. The summed E-state index contributed by atoms with van der Waals surface area (Å²) in [4.78, 5) is 24.3. The summed E-state index contributed by atoms with van der Waals surface area (Å²) in [5.41, 5.74) is 6.21. The van der Waals surface area contributed by atoms with Gasteiger partial charge in [0.05, 0.1) is 11.9 Å². The van der Waals surface area contributed by atoms with Gasteiger partial charge in [0.1, 0.15) is 5.52 Å². The number of carbonyl (C=O) groups is 1. The SMILES string of the molecule is Cl.NC1CCC(NC(=O)CCn2nnc3ccccc3c2=O)CC1. The molecule has 1 saturated carbocycles. The predicted molar refractivity (Wildman–Crippen MR) is 94.0 cm³/mol. The van der Waals surface area contributed by atoms with Gasteiger partial charge in [-0.25, -0.2) is 4.68 Å². The van der Waals surface area contributed by atoms with Crippen molar-refractivity contribution in [2.24, 2.45) is 5.73 Å². The minimum Gasteiger partial charge on any atom is -0.353 e. The molecule has 0 saturated heterocycles. The van der Waals surface area contributed by atoms with Gasteiger partial charge in [-0.15, -0.1) is 17.5 Å². The summed E-state index contributed by atoms with van der Waals surface area (Å²) in [6, 6.07) is 7.51. The van der Waals surface area contributed by atoms with Gasteiger partial charge in [-0.3, -0.25) is 9.59 Å². The Labute approximate surface area is 146 Å². The molecule has 1 amide bonds. The zero-order chi connectivity index (χ0) is 16.2. The minimum absolute atomic E-state index is 0. The lowest BCUT2D eigenvalue weighted by atomic mass is 9.92. The van der Waals surface area contributed by atoms with E-state index in [9.17, 15) is 9.59 Å². The molecule has 0 radical (unpaired) electrons. The highest BCUT2D eigenvalue weighted by Gasteiger charge is 2.20. The van der Waals surface area contributed by atoms with Gasteiger partial charge in [0.25, 0.3) is 5.56 Å². The summed E-state index contributed by atoms with van der Waals surface area (Å²) in [7, 11) is 0. The molecule has 1 fully saturated rings. The second kappa shape index (κ2) is 8.21. The maximum absolute atomic E-state index is 12.3. The topological polar surface area (TPSA) is 103 Å². The van der Waals surface area contributed by atoms with E-state index in [1.807, 2.05) is 6.07 Å². The van der Waals surface area contributed by atoms with Crippen LogP contribution in [0.25, 0.3) is 10.9 Å². The van der Waals surface area contributed by atoms with Gasteiger partial charge in [-0.2, -0.15) is 0 Å². The van der Waals surface area contributed by atoms with Crippen molar-refractivity contribution in [3.8, 4) is 0 Å². The van der Waals surface area contributed by atoms with Crippen LogP contribution < -0.4 is 16.6 Å². The molecule has 0 aliphatic heterocycles. The van der Waals surface area contributed by atoms with E-state index in [1.54, 1.807) is 18.2 Å². The van der Waals surface area contributed by atoms with Crippen LogP contribution in [0.5, 0.6) is 0 Å². The van der Waals surface area contributed by atoms with Crippen LogP contribution >= 0.6 is 12.4 Å². The van der Waals surface area contributed by atoms with Gasteiger partial charge in [-0.1, -0.05) is 17.3 Å². The van der Waals surface area contributed by atoms with E-state index < -0.39 is 0 Å². The van der Waals surface area contributed by atoms with Crippen LogP contribution in [0.15, 0.2) is 29.1 Å². The van der Waals surface area contributed by atoms with Crippen molar-refractivity contribution in [2.45, 2.75) is 50.7 Å². The number of nitrogens with two attached hydrogens (primary N) is 1. The van der Waals surface area contributed by atoms with E-state index in [2.05, 4.69) is 15.6 Å². The monoisotopic (exact) mass is 351 g/mol. The van der Waals surface area contributed by atoms with Crippen molar-refractivity contribution in [1.82, 2.24) is 20.3 Å². The fraction of sp³-hybridized carbons (Fsp3) is 0.500. The Morgan fingerprint density at radius 1 is 1.25 bits per heavy atom. The number of nitrogens with zero attached hydrogens (tertiary/aromatic N) is 3. The molecule has 1 aliphatic carbocycles. The first kappa shape index (κ1) is 18.4. The molecular formula is C16H22ClN5O2. The second-order valence-electron chi connectivity index (χ2n) is 6.06. The minimum atomic E-state index is -0.216. The van der Waals surface area contributed by atoms with E-state index in [4.69, 9.17) is 5.73 Å². The molecule has 1 heterocycles. The molecule has 1 aliphatic rings. The van der Waals surface area contributed by atoms with Crippen LogP contribution in [0.3, 0.4) is 0 Å². The highest BCUT2D eigenvalue weighted by molar-refractivity contribution is 5.85. The maximum atomic E-state index is 12.3. The maximum Gasteiger partial charge on any atom is 0.277 e. The van der Waals surface area contributed by atoms with Crippen LogP contribution in [0.1, 0.15) is 32.1 Å². The Hall–Kier alpha value is -1.99. The van der Waals surface area contributed by atoms with Crippen molar-refractivity contribution in [2.75, 3.05) is 0 Å². The molecule has 0 bridgehead atoms. The molecule has 2 aromatic rings. The van der Waals surface area contributed by atoms with Gasteiger partial charge in [0.2, 0.25) is 5.91 Å². The van der Waals surface area contributed by atoms with Gasteiger partial charge < -0.3 is 11.1 Å². The zero-order valence-electron chi connectivity index (χ0n) is 13.4. The lowest BCUT2D eigenvalue weighted by Gasteiger charge is -2.26. The van der Waals surface area contributed by atoms with Crippen LogP contribution in [0.4, 0.5) is 0 Å². The first-order chi connectivity index (χ1) is 11.1. The molecule has 24 heavy (non-hydrogen) atoms. The van der Waals surface area contributed by atoms with Gasteiger partial charge >= 0.3 is 0 Å². The van der Waals surface area contributed by atoms with Crippen molar-refractivity contribution >= 4 is 29.2 Å². The molecule has 1 aromatic carbocycles. The van der Waals surface area contributed by atoms with Crippen LogP contribution in [-0.2, 0) is 11.3 Å². The molecule has 8 heteroatoms. The standard InChI is InChI=1S/C16H21N5O2.ClH/c17-11-5-7-12(8-6-11)18-15(22)9-10-21-16(23)13-3-1-2-4-14(13)19-20-21;/h1-4,11-12H,5-10,17H2,(H,18,22);1H. The summed E-state index contributed by atoms with van der Waals surface area (Å²) in [5, 5.41) is 11.4. The first-order valence-electron chi connectivity index (χ1n) is 8.01. The van der Waals surface area contributed by atoms with Crippen LogP contribution in [0.2, 0.25) is 0 Å². The zero-order valence-corrected chi connectivity index (χ0v) is 14.2. The van der Waals surface area contributed by atoms with Crippen LogP contribution in [-0.4, -0.2) is 33.0 Å². The quantitative estimate of drug-likeness (QED) is 0.855. The van der Waals surface area contributed by atoms with E-state index in [0.29, 0.717) is 10.9 Å². The summed E-state index contributed by atoms with van der Waals surface area (Å²) in [6.07, 6.45) is 3.95. The third-order valence-electron chi connectivity index (χ3n) is 4.32. The lowest BCUT2D eigenvalue weighted by Crippen LogP contribution is -2.41. The number of aromatic nitrogens is 3. The Morgan fingerprint density at radius 3 is 2.71 bits per heavy atom. The highest BCUT2D eigenvalue weighted by atomic mass is 35.5. The van der Waals surface area contributed by atoms with Crippen LogP contribution in [0, 0.1) is 0 Å². The molecule has 0 atom stereocenters. The normalized spacial score (nSPS) is 20.4. The molecular weight excluding hydrogens is 330 g/mol. The number of carbonyl (C=O) groups excluding carboxylic acids is 1. The van der Waals surface area contributed by atoms with Gasteiger partial charge in [0.15, 0.2) is 0 Å². The molecule has 3 rings (SSSR count). The van der Waals surface area contributed by atoms with Crippen molar-refractivity contribution < 1.29 is 4.79 Å². The summed E-state index contributed by atoms with van der Waals surface area (Å²) in [6.45, 7) is 0.231. The van der Waals surface area contributed by atoms with Gasteiger partial charge in [0, 0.05) is 18.5 Å². The predicted octanol–water partition coefficient (Wildman–Crippen LogP) is 0.989. The number of aryl methyl sites for hydroxylation is 1. The van der Waals surface area contributed by atoms with E-state index in [1.165, 1.54) is 4.68 Å². The van der Waals surface area contributed by atoms with Crippen molar-refractivity contribution in [3.63, 3.8) is 0 Å². The van der Waals surface area contributed by atoms with E-state index in [0.717, 1.165) is 25.7 Å². The number of halogens is 1. The van der Waals surface area contributed by atoms with Gasteiger partial charge in [-0.05, 0) is 37.8 Å². The second-order valence-corrected chi connectivity index (χ2v) is 6.06. The van der Waals surface area contributed by atoms with E-state index in [-0.39, 0.29) is 48.9 Å². The number of amides is 1. The lowest BCUT2D eigenvalue weighted by molar-refractivity contribution is -0.122. The highest BCUT2D eigenvalue weighted by Crippen LogP contribution is 2.16. The average molecular weight is 352 g/mol. The number of benzene rings is 1. The first-order valence-corrected chi connectivity index (χ1v) is 8.01. The summed E-state index contributed by atoms with van der Waals surface area (Å²) in [5.74, 6) is -0.0627. The smallest absolute Gasteiger partial charge is 0.277 e. The van der Waals surface area contributed by atoms with E-state index >= 15 is 0 Å². The average Bonchev–Trinajstić information content (AvgIpc) is 2.57. The molecule has 1 aromatic heterocycles. The molecule has 0 spiro atoms. The Morgan fingerprint density at radius 2 is 1.96 bits per heavy atom. The summed E-state index contributed by atoms with van der Waals surface area (Å²) < 4.78 is 1.25. The number of nitrogens with one attached hydrogen (secondary N) is 1. The molecule has 7 nitrogen and oxygen atoms in total. The largest absolute Gasteiger partial charge is 0.353 e. The third-order valence-corrected chi connectivity index (χ3v) is 4.32. The molecule has 3 N–H and O–H groups in total. The Balaban J connectivity index is 0.00000208. The molecule has 0 unspecified atom stereocenters. The molecule has 130 valence electrons. The Bertz CT molecular complexity index is 755. The van der Waals surface area contributed by atoms with Crippen molar-refractivity contribution in [1.29, 1.82) is 0 Å². The number of rotatable bonds is 4. The number of hydrogen-bond donors (Lipinski definition) is 2. The Kier molecular flexibility index (Phi) is 6.28. The summed E-state index contributed by atoms with van der Waals surface area (Å²) >= 11 is 0.